The van der Waals surface area contributed by atoms with Crippen molar-refractivity contribution in [3.05, 3.63) is 63.7 Å². The van der Waals surface area contributed by atoms with Gasteiger partial charge in [-0.25, -0.2) is 4.79 Å². The fourth-order valence-electron chi connectivity index (χ4n) is 2.41. The van der Waals surface area contributed by atoms with Gasteiger partial charge in [0, 0.05) is 0 Å². The van der Waals surface area contributed by atoms with Crippen molar-refractivity contribution in [3.63, 3.8) is 0 Å². The van der Waals surface area contributed by atoms with Crippen LogP contribution >= 0.6 is 11.6 Å². The molecule has 0 saturated heterocycles. The topological polar surface area (TPSA) is 114 Å². The number of urea groups is 1. The SMILES string of the molecule is CCOc1cc(/C=C(/C#N)C(=O)NC(N)=O)cc(Cl)c1OCc1ccc(C)cc1. The zero-order chi connectivity index (χ0) is 21.4. The fraction of sp³-hybridized carbons (Fsp3) is 0.190. The van der Waals surface area contributed by atoms with Gasteiger partial charge in [0.15, 0.2) is 11.5 Å². The molecule has 0 spiro atoms. The van der Waals surface area contributed by atoms with Crippen molar-refractivity contribution in [2.45, 2.75) is 20.5 Å². The minimum absolute atomic E-state index is 0.252. The summed E-state index contributed by atoms with van der Waals surface area (Å²) in [5.41, 5.74) is 7.14. The molecule has 0 bridgehead atoms. The Labute approximate surface area is 173 Å². The van der Waals surface area contributed by atoms with E-state index in [1.54, 1.807) is 19.1 Å². The summed E-state index contributed by atoms with van der Waals surface area (Å²) in [7, 11) is 0. The molecule has 7 nitrogen and oxygen atoms in total. The molecule has 0 radical (unpaired) electrons. The molecule has 3 N–H and O–H groups in total. The van der Waals surface area contributed by atoms with Gasteiger partial charge in [0.2, 0.25) is 0 Å². The van der Waals surface area contributed by atoms with E-state index in [0.29, 0.717) is 30.3 Å². The number of nitrogens with two attached hydrogens (primary N) is 1. The summed E-state index contributed by atoms with van der Waals surface area (Å²) in [6, 6.07) is 11.7. The Bertz CT molecular complexity index is 979. The van der Waals surface area contributed by atoms with Gasteiger partial charge < -0.3 is 15.2 Å². The first-order valence-electron chi connectivity index (χ1n) is 8.71. The predicted molar refractivity (Wildman–Crippen MR) is 109 cm³/mol. The van der Waals surface area contributed by atoms with Crippen molar-refractivity contribution in [1.82, 2.24) is 5.32 Å². The van der Waals surface area contributed by atoms with Crippen LogP contribution in [-0.4, -0.2) is 18.5 Å². The highest BCUT2D eigenvalue weighted by molar-refractivity contribution is 6.32. The summed E-state index contributed by atoms with van der Waals surface area (Å²) >= 11 is 6.36. The highest BCUT2D eigenvalue weighted by Crippen LogP contribution is 2.37. The van der Waals surface area contributed by atoms with Crippen LogP contribution in [0.4, 0.5) is 4.79 Å². The molecule has 0 heterocycles. The largest absolute Gasteiger partial charge is 0.490 e. The molecular weight excluding hydrogens is 394 g/mol. The Morgan fingerprint density at radius 2 is 1.93 bits per heavy atom. The van der Waals surface area contributed by atoms with Gasteiger partial charge in [-0.15, -0.1) is 0 Å². The van der Waals surface area contributed by atoms with Gasteiger partial charge in [-0.3, -0.25) is 10.1 Å². The van der Waals surface area contributed by atoms with Crippen molar-refractivity contribution in [2.75, 3.05) is 6.61 Å². The van der Waals surface area contributed by atoms with Crippen molar-refractivity contribution in [2.24, 2.45) is 5.73 Å². The molecule has 0 aliphatic carbocycles. The molecule has 8 heteroatoms. The number of aryl methyl sites for hydroxylation is 1. The van der Waals surface area contributed by atoms with E-state index >= 15 is 0 Å². The summed E-state index contributed by atoms with van der Waals surface area (Å²) in [4.78, 5) is 22.7. The second-order valence-corrected chi connectivity index (χ2v) is 6.43. The molecule has 0 unspecified atom stereocenters. The van der Waals surface area contributed by atoms with Crippen LogP contribution in [0.2, 0.25) is 5.02 Å². The van der Waals surface area contributed by atoms with Crippen LogP contribution in [0.5, 0.6) is 11.5 Å². The summed E-state index contributed by atoms with van der Waals surface area (Å²) in [6.07, 6.45) is 1.27. The zero-order valence-corrected chi connectivity index (χ0v) is 16.7. The smallest absolute Gasteiger partial charge is 0.319 e. The van der Waals surface area contributed by atoms with Crippen molar-refractivity contribution in [3.8, 4) is 17.6 Å². The Kier molecular flexibility index (Phi) is 7.63. The van der Waals surface area contributed by atoms with E-state index in [2.05, 4.69) is 0 Å². The molecule has 3 amide bonds. The lowest BCUT2D eigenvalue weighted by Gasteiger charge is -2.15. The fourth-order valence-corrected chi connectivity index (χ4v) is 2.68. The average Bonchev–Trinajstić information content (AvgIpc) is 2.66. The molecule has 150 valence electrons. The highest BCUT2D eigenvalue weighted by atomic mass is 35.5. The summed E-state index contributed by atoms with van der Waals surface area (Å²) in [5, 5.41) is 11.3. The maximum atomic E-state index is 11.8. The van der Waals surface area contributed by atoms with Crippen LogP contribution < -0.4 is 20.5 Å². The third kappa shape index (κ3) is 6.26. The number of hydrogen-bond acceptors (Lipinski definition) is 5. The Hall–Kier alpha value is -3.50. The number of amides is 3. The Morgan fingerprint density at radius 3 is 2.52 bits per heavy atom. The van der Waals surface area contributed by atoms with Gasteiger partial charge in [0.1, 0.15) is 18.2 Å². The van der Waals surface area contributed by atoms with Crippen LogP contribution in [0, 0.1) is 18.3 Å². The molecule has 0 aliphatic rings. The van der Waals surface area contributed by atoms with Gasteiger partial charge in [0.05, 0.1) is 11.6 Å². The summed E-state index contributed by atoms with van der Waals surface area (Å²) < 4.78 is 11.5. The number of rotatable bonds is 7. The Balaban J connectivity index is 2.32. The number of nitriles is 1. The third-order valence-electron chi connectivity index (χ3n) is 3.75. The van der Waals surface area contributed by atoms with Gasteiger partial charge in [-0.1, -0.05) is 41.4 Å². The number of benzene rings is 2. The molecule has 0 saturated carbocycles. The third-order valence-corrected chi connectivity index (χ3v) is 4.03. The first-order valence-corrected chi connectivity index (χ1v) is 9.09. The molecular formula is C21H20ClN3O4. The summed E-state index contributed by atoms with van der Waals surface area (Å²) in [5.74, 6) is -0.189. The highest BCUT2D eigenvalue weighted by Gasteiger charge is 2.15. The van der Waals surface area contributed by atoms with Crippen molar-refractivity contribution >= 4 is 29.6 Å². The molecule has 29 heavy (non-hydrogen) atoms. The van der Waals surface area contributed by atoms with Crippen LogP contribution in [0.3, 0.4) is 0 Å². The van der Waals surface area contributed by atoms with Gasteiger partial charge in [0.25, 0.3) is 5.91 Å². The number of carbonyl (C=O) groups is 2. The van der Waals surface area contributed by atoms with E-state index in [-0.39, 0.29) is 10.6 Å². The monoisotopic (exact) mass is 413 g/mol. The number of imide groups is 1. The number of nitrogens with zero attached hydrogens (tertiary/aromatic N) is 1. The van der Waals surface area contributed by atoms with Crippen LogP contribution in [0.1, 0.15) is 23.6 Å². The molecule has 0 atom stereocenters. The number of hydrogen-bond donors (Lipinski definition) is 2. The first-order chi connectivity index (χ1) is 13.8. The molecule has 0 aromatic heterocycles. The van der Waals surface area contributed by atoms with E-state index < -0.39 is 11.9 Å². The quantitative estimate of drug-likeness (QED) is 0.530. The number of carbonyl (C=O) groups excluding carboxylic acids is 2. The van der Waals surface area contributed by atoms with Gasteiger partial charge in [-0.2, -0.15) is 5.26 Å². The number of halogens is 1. The van der Waals surface area contributed by atoms with E-state index in [1.165, 1.54) is 12.1 Å². The van der Waals surface area contributed by atoms with Crippen LogP contribution in [0.25, 0.3) is 6.08 Å². The van der Waals surface area contributed by atoms with Crippen molar-refractivity contribution < 1.29 is 19.1 Å². The van der Waals surface area contributed by atoms with E-state index in [0.717, 1.165) is 11.1 Å². The zero-order valence-electron chi connectivity index (χ0n) is 16.0. The predicted octanol–water partition coefficient (Wildman–Crippen LogP) is 3.73. The number of ether oxygens (including phenoxy) is 2. The minimum atomic E-state index is -1.05. The average molecular weight is 414 g/mol. The summed E-state index contributed by atoms with van der Waals surface area (Å²) in [6.45, 7) is 4.46. The number of nitrogens with one attached hydrogen (secondary N) is 1. The maximum absolute atomic E-state index is 11.8. The first kappa shape index (κ1) is 21.8. The standard InChI is InChI=1S/C21H20ClN3O4/c1-3-28-18-10-15(8-16(11-23)20(26)25-21(24)27)9-17(22)19(18)29-12-14-6-4-13(2)5-7-14/h4-10H,3,12H2,1-2H3,(H3,24,25,26,27)/b16-8-. The molecule has 2 aromatic carbocycles. The van der Waals surface area contributed by atoms with Crippen LogP contribution in [0.15, 0.2) is 42.0 Å². The maximum Gasteiger partial charge on any atom is 0.319 e. The van der Waals surface area contributed by atoms with Crippen molar-refractivity contribution in [1.29, 1.82) is 5.26 Å². The second kappa shape index (κ2) is 10.2. The van der Waals surface area contributed by atoms with E-state index in [1.807, 2.05) is 36.5 Å². The normalized spacial score (nSPS) is 10.8. The van der Waals surface area contributed by atoms with Gasteiger partial charge >= 0.3 is 6.03 Å². The molecule has 2 aromatic rings. The number of primary amides is 1. The second-order valence-electron chi connectivity index (χ2n) is 6.03. The van der Waals surface area contributed by atoms with Gasteiger partial charge in [-0.05, 0) is 43.2 Å². The molecule has 2 rings (SSSR count). The lowest BCUT2D eigenvalue weighted by Crippen LogP contribution is -2.35. The van der Waals surface area contributed by atoms with Crippen LogP contribution in [-0.2, 0) is 11.4 Å². The van der Waals surface area contributed by atoms with E-state index in [9.17, 15) is 14.9 Å². The Morgan fingerprint density at radius 1 is 1.24 bits per heavy atom. The molecule has 0 fully saturated rings. The lowest BCUT2D eigenvalue weighted by molar-refractivity contribution is -0.115. The lowest BCUT2D eigenvalue weighted by atomic mass is 10.1. The minimum Gasteiger partial charge on any atom is -0.490 e. The van der Waals surface area contributed by atoms with E-state index in [4.69, 9.17) is 26.8 Å². The molecule has 0 aliphatic heterocycles.